The largest absolute Gasteiger partial charge is 0.478 e. The first-order valence-corrected chi connectivity index (χ1v) is 8.79. The van der Waals surface area contributed by atoms with E-state index in [4.69, 9.17) is 15.9 Å². The zero-order chi connectivity index (χ0) is 17.7. The average molecular weight is 350 g/mol. The van der Waals surface area contributed by atoms with E-state index in [-0.39, 0.29) is 6.04 Å². The van der Waals surface area contributed by atoms with E-state index in [0.717, 1.165) is 13.1 Å². The van der Waals surface area contributed by atoms with Gasteiger partial charge in [-0.3, -0.25) is 0 Å². The van der Waals surface area contributed by atoms with Crippen molar-refractivity contribution in [1.82, 2.24) is 0 Å². The van der Waals surface area contributed by atoms with Gasteiger partial charge in [0.15, 0.2) is 0 Å². The number of hydrogen-bond acceptors (Lipinski definition) is 5. The smallest absolute Gasteiger partial charge is 0.328 e. The third kappa shape index (κ3) is 4.75. The van der Waals surface area contributed by atoms with Gasteiger partial charge in [-0.05, 0) is 37.0 Å². The van der Waals surface area contributed by atoms with Crippen molar-refractivity contribution in [2.24, 2.45) is 5.73 Å². The van der Waals surface area contributed by atoms with Crippen LogP contribution in [0.1, 0.15) is 18.1 Å². The monoisotopic (exact) mass is 350 g/mol. The summed E-state index contributed by atoms with van der Waals surface area (Å²) in [5.74, 6) is -1.27. The lowest BCUT2D eigenvalue weighted by Gasteiger charge is -2.23. The van der Waals surface area contributed by atoms with Crippen LogP contribution in [0.25, 0.3) is 0 Å². The summed E-state index contributed by atoms with van der Waals surface area (Å²) >= 11 is 2.00. The molecule has 0 amide bonds. The molecule has 130 valence electrons. The summed E-state index contributed by atoms with van der Waals surface area (Å²) in [4.78, 5) is 23.1. The molecule has 0 saturated heterocycles. The quantitative estimate of drug-likeness (QED) is 0.711. The highest BCUT2D eigenvalue weighted by molar-refractivity contribution is 7.99. The predicted molar refractivity (Wildman–Crippen MR) is 94.8 cm³/mol. The van der Waals surface area contributed by atoms with Crippen LogP contribution < -0.4 is 10.6 Å². The van der Waals surface area contributed by atoms with E-state index in [2.05, 4.69) is 24.0 Å². The second-order valence-corrected chi connectivity index (χ2v) is 6.97. The molecule has 24 heavy (non-hydrogen) atoms. The van der Waals surface area contributed by atoms with Gasteiger partial charge in [0, 0.05) is 47.6 Å². The van der Waals surface area contributed by atoms with Crippen molar-refractivity contribution in [3.8, 4) is 0 Å². The van der Waals surface area contributed by atoms with E-state index in [1.54, 1.807) is 5.56 Å². The van der Waals surface area contributed by atoms with Crippen LogP contribution in [0.15, 0.2) is 29.2 Å². The summed E-state index contributed by atoms with van der Waals surface area (Å²) in [6.45, 7) is 4.24. The summed E-state index contributed by atoms with van der Waals surface area (Å²) < 4.78 is 0. The molecule has 1 atom stereocenters. The molecule has 0 spiro atoms. The molecular weight excluding hydrogens is 328 g/mol. The van der Waals surface area contributed by atoms with Crippen LogP contribution in [0.4, 0.5) is 5.69 Å². The highest BCUT2D eigenvalue weighted by atomic mass is 32.2. The van der Waals surface area contributed by atoms with Gasteiger partial charge in [0.25, 0.3) is 0 Å². The Kier molecular flexibility index (Phi) is 6.28. The third-order valence-corrected chi connectivity index (χ3v) is 4.88. The maximum Gasteiger partial charge on any atom is 0.328 e. The average Bonchev–Trinajstić information content (AvgIpc) is 3.11. The number of hydrogen-bond donors (Lipinski definition) is 3. The Morgan fingerprint density at radius 3 is 2.54 bits per heavy atom. The van der Waals surface area contributed by atoms with E-state index in [0.29, 0.717) is 12.2 Å². The number of fused-ring (bicyclic) bond motifs is 3. The van der Waals surface area contributed by atoms with E-state index in [1.807, 2.05) is 11.8 Å². The number of anilines is 1. The Hall–Kier alpha value is -1.99. The lowest BCUT2D eigenvalue weighted by Crippen LogP contribution is -2.34. The summed E-state index contributed by atoms with van der Waals surface area (Å²) in [7, 11) is 0. The van der Waals surface area contributed by atoms with Crippen LogP contribution in [0.3, 0.4) is 0 Å². The molecule has 1 aromatic rings. The van der Waals surface area contributed by atoms with E-state index in [9.17, 15) is 9.59 Å². The second-order valence-electron chi connectivity index (χ2n) is 5.83. The number of benzene rings is 1. The van der Waals surface area contributed by atoms with Gasteiger partial charge in [-0.25, -0.2) is 9.59 Å². The zero-order valence-electron chi connectivity index (χ0n) is 13.6. The van der Waals surface area contributed by atoms with Crippen molar-refractivity contribution in [2.75, 3.05) is 23.7 Å². The van der Waals surface area contributed by atoms with Crippen molar-refractivity contribution < 1.29 is 19.8 Å². The highest BCUT2D eigenvalue weighted by Gasteiger charge is 2.26. The van der Waals surface area contributed by atoms with E-state index in [1.165, 1.54) is 34.7 Å². The molecule has 0 aliphatic carbocycles. The molecule has 6 nitrogen and oxygen atoms in total. The van der Waals surface area contributed by atoms with Crippen LogP contribution >= 0.6 is 11.8 Å². The van der Waals surface area contributed by atoms with Crippen molar-refractivity contribution >= 4 is 29.4 Å². The molecule has 0 saturated carbocycles. The fourth-order valence-corrected chi connectivity index (χ4v) is 4.01. The number of carbonyl (C=O) groups is 2. The summed E-state index contributed by atoms with van der Waals surface area (Å²) in [5, 5.41) is 15.6. The van der Waals surface area contributed by atoms with Gasteiger partial charge in [-0.15, -0.1) is 11.8 Å². The minimum atomic E-state index is -1.26. The van der Waals surface area contributed by atoms with Gasteiger partial charge in [-0.1, -0.05) is 6.07 Å². The summed E-state index contributed by atoms with van der Waals surface area (Å²) in [6, 6.07) is 4.88. The summed E-state index contributed by atoms with van der Waals surface area (Å²) in [5.41, 5.74) is 10.6. The number of nitrogens with two attached hydrogens (primary N) is 1. The highest BCUT2D eigenvalue weighted by Crippen LogP contribution is 2.42. The Morgan fingerprint density at radius 2 is 1.96 bits per heavy atom. The predicted octanol–water partition coefficient (Wildman–Crippen LogP) is 1.76. The van der Waals surface area contributed by atoms with Gasteiger partial charge in [0.2, 0.25) is 0 Å². The normalized spacial score (nSPS) is 16.3. The first-order valence-electron chi connectivity index (χ1n) is 7.80. The fraction of sp³-hybridized carbons (Fsp3) is 0.412. The Labute approximate surface area is 145 Å². The first kappa shape index (κ1) is 18.4. The lowest BCUT2D eigenvalue weighted by molar-refractivity contribution is -0.134. The van der Waals surface area contributed by atoms with Crippen molar-refractivity contribution in [3.05, 3.63) is 35.4 Å². The topological polar surface area (TPSA) is 104 Å². The molecule has 0 aromatic heterocycles. The van der Waals surface area contributed by atoms with Crippen LogP contribution in [0.2, 0.25) is 0 Å². The van der Waals surface area contributed by atoms with Gasteiger partial charge < -0.3 is 20.8 Å². The minimum Gasteiger partial charge on any atom is -0.478 e. The molecule has 2 aliphatic rings. The second kappa shape index (κ2) is 8.21. The molecule has 2 heterocycles. The van der Waals surface area contributed by atoms with Crippen LogP contribution in [0.5, 0.6) is 0 Å². The SMILES string of the molecule is CC(N)CN1CCc2ccc3c(c21)CCS3.O=C(O)C=CC(=O)O. The maximum atomic E-state index is 9.55. The van der Waals surface area contributed by atoms with E-state index < -0.39 is 11.9 Å². The first-order chi connectivity index (χ1) is 11.4. The summed E-state index contributed by atoms with van der Waals surface area (Å²) in [6.07, 6.45) is 3.54. The minimum absolute atomic E-state index is 0.260. The van der Waals surface area contributed by atoms with Crippen LogP contribution in [-0.4, -0.2) is 47.0 Å². The molecule has 0 bridgehead atoms. The lowest BCUT2D eigenvalue weighted by atomic mass is 10.1. The Bertz CT molecular complexity index is 642. The van der Waals surface area contributed by atoms with Gasteiger partial charge in [0.1, 0.15) is 0 Å². The van der Waals surface area contributed by atoms with Gasteiger partial charge >= 0.3 is 11.9 Å². The number of nitrogens with zero attached hydrogens (tertiary/aromatic N) is 1. The zero-order valence-corrected chi connectivity index (χ0v) is 14.4. The number of thioether (sulfide) groups is 1. The standard InChI is InChI=1S/C13H18N2S.C4H4O4/c1-9(14)8-15-6-4-10-2-3-12-11(13(10)15)5-7-16-12;5-3(6)1-2-4(7)8/h2-3,9H,4-8,14H2,1H3;1-2H,(H,5,6)(H,7,8). The van der Waals surface area contributed by atoms with Crippen LogP contribution in [-0.2, 0) is 22.4 Å². The molecule has 1 unspecified atom stereocenters. The number of carboxylic acids is 2. The Morgan fingerprint density at radius 1 is 1.29 bits per heavy atom. The molecule has 0 radical (unpaired) electrons. The number of rotatable bonds is 4. The number of carboxylic acid groups (broad SMARTS) is 2. The number of aliphatic carboxylic acids is 2. The molecule has 0 fully saturated rings. The van der Waals surface area contributed by atoms with Crippen LogP contribution in [0, 0.1) is 0 Å². The van der Waals surface area contributed by atoms with Gasteiger partial charge in [-0.2, -0.15) is 0 Å². The van der Waals surface area contributed by atoms with Crippen molar-refractivity contribution in [3.63, 3.8) is 0 Å². The maximum absolute atomic E-state index is 9.55. The van der Waals surface area contributed by atoms with E-state index >= 15 is 0 Å². The van der Waals surface area contributed by atoms with Crippen molar-refractivity contribution in [1.29, 1.82) is 0 Å². The molecule has 4 N–H and O–H groups in total. The fourth-order valence-electron chi connectivity index (χ4n) is 2.94. The molecule has 2 aliphatic heterocycles. The van der Waals surface area contributed by atoms with Crippen molar-refractivity contribution in [2.45, 2.75) is 30.7 Å². The molecule has 7 heteroatoms. The molecule has 3 rings (SSSR count). The molecular formula is C17H22N2O4S. The third-order valence-electron chi connectivity index (χ3n) is 3.78. The Balaban J connectivity index is 0.000000224. The molecule has 1 aromatic carbocycles. The van der Waals surface area contributed by atoms with Gasteiger partial charge in [0.05, 0.1) is 0 Å².